The number of carbonyl (C=O) groups excluding carboxylic acids is 2. The Labute approximate surface area is 163 Å². The van der Waals surface area contributed by atoms with E-state index in [9.17, 15) is 9.59 Å². The Hall–Kier alpha value is -1.40. The molecule has 0 spiro atoms. The fourth-order valence-electron chi connectivity index (χ4n) is 4.05. The van der Waals surface area contributed by atoms with Crippen molar-refractivity contribution in [3.05, 3.63) is 34.3 Å². The molecule has 1 aromatic rings. The summed E-state index contributed by atoms with van der Waals surface area (Å²) >= 11 is 3.40. The van der Waals surface area contributed by atoms with Crippen molar-refractivity contribution in [2.24, 2.45) is 5.92 Å². The third-order valence-electron chi connectivity index (χ3n) is 5.79. The minimum absolute atomic E-state index is 0.0271. The van der Waals surface area contributed by atoms with E-state index >= 15 is 0 Å². The number of hydrogen-bond acceptors (Lipinski definition) is 3. The van der Waals surface area contributed by atoms with Crippen LogP contribution < -0.4 is 0 Å². The first-order valence-corrected chi connectivity index (χ1v) is 10.5. The van der Waals surface area contributed by atoms with Crippen LogP contribution in [0.2, 0.25) is 0 Å². The first-order valence-electron chi connectivity index (χ1n) is 9.69. The SMILES string of the molecule is O=C(C1CCCN1C(=O)c1ccc(Br)cc1)N1CCN(CC2CC2)CC1. The Kier molecular flexibility index (Phi) is 5.32. The number of carbonyl (C=O) groups is 2. The third-order valence-corrected chi connectivity index (χ3v) is 6.32. The molecular formula is C20H26BrN3O2. The summed E-state index contributed by atoms with van der Waals surface area (Å²) in [6, 6.07) is 7.10. The van der Waals surface area contributed by atoms with Gasteiger partial charge in [0.15, 0.2) is 0 Å². The van der Waals surface area contributed by atoms with Gasteiger partial charge in [0.2, 0.25) is 5.91 Å². The summed E-state index contributed by atoms with van der Waals surface area (Å²) < 4.78 is 0.951. The molecule has 3 aliphatic rings. The van der Waals surface area contributed by atoms with Crippen molar-refractivity contribution in [3.8, 4) is 0 Å². The second-order valence-corrected chi connectivity index (χ2v) is 8.65. The summed E-state index contributed by atoms with van der Waals surface area (Å²) in [5.74, 6) is 1.01. The average molecular weight is 420 g/mol. The van der Waals surface area contributed by atoms with Crippen LogP contribution in [0.1, 0.15) is 36.0 Å². The van der Waals surface area contributed by atoms with Gasteiger partial charge in [-0.3, -0.25) is 14.5 Å². The van der Waals surface area contributed by atoms with Crippen molar-refractivity contribution in [3.63, 3.8) is 0 Å². The van der Waals surface area contributed by atoms with Crippen LogP contribution in [0.3, 0.4) is 0 Å². The van der Waals surface area contributed by atoms with Gasteiger partial charge in [0, 0.05) is 49.3 Å². The van der Waals surface area contributed by atoms with Crippen LogP contribution in [0.15, 0.2) is 28.7 Å². The summed E-state index contributed by atoms with van der Waals surface area (Å²) in [5, 5.41) is 0. The van der Waals surface area contributed by atoms with E-state index in [2.05, 4.69) is 20.8 Å². The third kappa shape index (κ3) is 3.96. The van der Waals surface area contributed by atoms with Gasteiger partial charge in [0.05, 0.1) is 0 Å². The predicted molar refractivity (Wildman–Crippen MR) is 104 cm³/mol. The molecule has 1 unspecified atom stereocenters. The van der Waals surface area contributed by atoms with Gasteiger partial charge in [-0.05, 0) is 55.9 Å². The van der Waals surface area contributed by atoms with Gasteiger partial charge in [-0.25, -0.2) is 0 Å². The summed E-state index contributed by atoms with van der Waals surface area (Å²) in [6.45, 7) is 5.39. The number of likely N-dealkylation sites (tertiary alicyclic amines) is 1. The molecule has 2 saturated heterocycles. The van der Waals surface area contributed by atoms with Crippen molar-refractivity contribution in [2.45, 2.75) is 31.7 Å². The minimum Gasteiger partial charge on any atom is -0.338 e. The summed E-state index contributed by atoms with van der Waals surface area (Å²) in [4.78, 5) is 32.2. The Bertz CT molecular complexity index is 666. The van der Waals surface area contributed by atoms with E-state index in [0.29, 0.717) is 12.1 Å². The van der Waals surface area contributed by atoms with Crippen molar-refractivity contribution in [1.82, 2.24) is 14.7 Å². The van der Waals surface area contributed by atoms with E-state index in [1.807, 2.05) is 29.2 Å². The number of nitrogens with zero attached hydrogens (tertiary/aromatic N) is 3. The normalized spacial score (nSPS) is 24.1. The van der Waals surface area contributed by atoms with Crippen LogP contribution >= 0.6 is 15.9 Å². The number of amides is 2. The highest BCUT2D eigenvalue weighted by molar-refractivity contribution is 9.10. The van der Waals surface area contributed by atoms with Gasteiger partial charge >= 0.3 is 0 Å². The largest absolute Gasteiger partial charge is 0.338 e. The Balaban J connectivity index is 1.37. The summed E-state index contributed by atoms with van der Waals surface area (Å²) in [6.07, 6.45) is 4.42. The van der Waals surface area contributed by atoms with Gasteiger partial charge in [-0.1, -0.05) is 15.9 Å². The highest BCUT2D eigenvalue weighted by atomic mass is 79.9. The maximum atomic E-state index is 13.0. The fraction of sp³-hybridized carbons (Fsp3) is 0.600. The molecule has 2 amide bonds. The van der Waals surface area contributed by atoms with E-state index < -0.39 is 0 Å². The lowest BCUT2D eigenvalue weighted by Gasteiger charge is -2.37. The zero-order valence-electron chi connectivity index (χ0n) is 15.1. The molecular weight excluding hydrogens is 394 g/mol. The molecule has 6 heteroatoms. The zero-order valence-corrected chi connectivity index (χ0v) is 16.7. The van der Waals surface area contributed by atoms with Crippen LogP contribution in [0.25, 0.3) is 0 Å². The van der Waals surface area contributed by atoms with Crippen LogP contribution in [0, 0.1) is 5.92 Å². The summed E-state index contributed by atoms with van der Waals surface area (Å²) in [5.41, 5.74) is 0.655. The molecule has 2 heterocycles. The molecule has 26 heavy (non-hydrogen) atoms. The Morgan fingerprint density at radius 3 is 2.31 bits per heavy atom. The van der Waals surface area contributed by atoms with Gasteiger partial charge in [-0.15, -0.1) is 0 Å². The highest BCUT2D eigenvalue weighted by Crippen LogP contribution is 2.30. The molecule has 1 aliphatic carbocycles. The fourth-order valence-corrected chi connectivity index (χ4v) is 4.32. The first kappa shape index (κ1) is 18.0. The van der Waals surface area contributed by atoms with E-state index in [1.54, 1.807) is 4.90 Å². The molecule has 1 aromatic carbocycles. The number of piperazine rings is 1. The lowest BCUT2D eigenvalue weighted by atomic mass is 10.1. The second-order valence-electron chi connectivity index (χ2n) is 7.73. The molecule has 4 rings (SSSR count). The maximum absolute atomic E-state index is 13.0. The molecule has 0 N–H and O–H groups in total. The van der Waals surface area contributed by atoms with E-state index in [-0.39, 0.29) is 17.9 Å². The lowest BCUT2D eigenvalue weighted by molar-refractivity contribution is -0.137. The molecule has 0 aromatic heterocycles. The molecule has 2 aliphatic heterocycles. The van der Waals surface area contributed by atoms with E-state index in [1.165, 1.54) is 19.4 Å². The quantitative estimate of drug-likeness (QED) is 0.753. The Morgan fingerprint density at radius 1 is 0.962 bits per heavy atom. The smallest absolute Gasteiger partial charge is 0.254 e. The predicted octanol–water partition coefficient (Wildman–Crippen LogP) is 2.61. The monoisotopic (exact) mass is 419 g/mol. The molecule has 0 radical (unpaired) electrons. The van der Waals surface area contributed by atoms with Gasteiger partial charge in [0.25, 0.3) is 5.91 Å². The molecule has 1 atom stereocenters. The van der Waals surface area contributed by atoms with Crippen LogP contribution in [0.4, 0.5) is 0 Å². The second kappa shape index (κ2) is 7.69. The van der Waals surface area contributed by atoms with Gasteiger partial charge < -0.3 is 9.80 Å². The maximum Gasteiger partial charge on any atom is 0.254 e. The zero-order chi connectivity index (χ0) is 18.1. The number of rotatable bonds is 4. The average Bonchev–Trinajstić information content (AvgIpc) is 3.34. The molecule has 1 saturated carbocycles. The van der Waals surface area contributed by atoms with Gasteiger partial charge in [-0.2, -0.15) is 0 Å². The van der Waals surface area contributed by atoms with Crippen molar-refractivity contribution in [2.75, 3.05) is 39.3 Å². The van der Waals surface area contributed by atoms with E-state index in [4.69, 9.17) is 0 Å². The number of halogens is 1. The van der Waals surface area contributed by atoms with Crippen LogP contribution in [-0.2, 0) is 4.79 Å². The van der Waals surface area contributed by atoms with E-state index in [0.717, 1.165) is 49.4 Å². The van der Waals surface area contributed by atoms with Crippen LogP contribution in [-0.4, -0.2) is 71.8 Å². The molecule has 3 fully saturated rings. The van der Waals surface area contributed by atoms with Crippen molar-refractivity contribution in [1.29, 1.82) is 0 Å². The molecule has 140 valence electrons. The highest BCUT2D eigenvalue weighted by Gasteiger charge is 2.38. The topological polar surface area (TPSA) is 43.9 Å². The van der Waals surface area contributed by atoms with Crippen molar-refractivity contribution >= 4 is 27.7 Å². The lowest BCUT2D eigenvalue weighted by Crippen LogP contribution is -2.54. The Morgan fingerprint density at radius 2 is 1.65 bits per heavy atom. The number of benzene rings is 1. The molecule has 0 bridgehead atoms. The van der Waals surface area contributed by atoms with Crippen molar-refractivity contribution < 1.29 is 9.59 Å². The molecule has 5 nitrogen and oxygen atoms in total. The van der Waals surface area contributed by atoms with Crippen LogP contribution in [0.5, 0.6) is 0 Å². The minimum atomic E-state index is -0.291. The summed E-state index contributed by atoms with van der Waals surface area (Å²) in [7, 11) is 0. The number of hydrogen-bond donors (Lipinski definition) is 0. The van der Waals surface area contributed by atoms with Gasteiger partial charge in [0.1, 0.15) is 6.04 Å². The first-order chi connectivity index (χ1) is 12.6. The standard InChI is InChI=1S/C20H26BrN3O2/c21-17-7-5-16(6-8-17)19(25)24-9-1-2-18(24)20(26)23-12-10-22(11-13-23)14-15-3-4-15/h5-8,15,18H,1-4,9-14H2.